The number of hydrogen-bond acceptors (Lipinski definition) is 2. The van der Waals surface area contributed by atoms with Gasteiger partial charge in [0.2, 0.25) is 0 Å². The minimum Gasteiger partial charge on any atom is -0.485 e. The molecule has 0 aliphatic rings. The number of rotatable bonds is 4. The first-order valence-electron chi connectivity index (χ1n) is 3.89. The summed E-state index contributed by atoms with van der Waals surface area (Å²) in [6.45, 7) is -0.792. The number of halogens is 4. The van der Waals surface area contributed by atoms with E-state index in [1.165, 1.54) is 12.1 Å². The van der Waals surface area contributed by atoms with E-state index in [-0.39, 0.29) is 21.4 Å². The molecule has 0 radical (unpaired) electrons. The predicted octanol–water partition coefficient (Wildman–Crippen LogP) is 3.45. The summed E-state index contributed by atoms with van der Waals surface area (Å²) < 4.78 is 28.4. The van der Waals surface area contributed by atoms with Gasteiger partial charge in [0.05, 0.1) is 10.0 Å². The van der Waals surface area contributed by atoms with Crippen LogP contribution in [0.1, 0.15) is 10.4 Å². The van der Waals surface area contributed by atoms with E-state index in [0.29, 0.717) is 6.29 Å². The SMILES string of the molecule is O=Cc1cc(Cl)c(OCC(F)F)c(Cl)c1. The molecule has 82 valence electrons. The summed E-state index contributed by atoms with van der Waals surface area (Å²) in [5.41, 5.74) is 0.259. The zero-order valence-electron chi connectivity index (χ0n) is 7.34. The molecule has 2 nitrogen and oxygen atoms in total. The van der Waals surface area contributed by atoms with Crippen molar-refractivity contribution in [3.63, 3.8) is 0 Å². The molecule has 0 saturated heterocycles. The molecule has 0 unspecified atom stereocenters. The number of alkyl halides is 2. The third kappa shape index (κ3) is 3.32. The molecule has 0 aliphatic heterocycles. The minimum atomic E-state index is -2.61. The van der Waals surface area contributed by atoms with Gasteiger partial charge in [0, 0.05) is 5.56 Å². The number of benzene rings is 1. The third-order valence-corrected chi connectivity index (χ3v) is 2.07. The van der Waals surface area contributed by atoms with E-state index >= 15 is 0 Å². The van der Waals surface area contributed by atoms with Gasteiger partial charge < -0.3 is 4.74 Å². The Morgan fingerprint density at radius 1 is 1.33 bits per heavy atom. The van der Waals surface area contributed by atoms with E-state index < -0.39 is 13.0 Å². The Bertz CT molecular complexity index is 346. The molecule has 0 N–H and O–H groups in total. The molecule has 6 heteroatoms. The summed E-state index contributed by atoms with van der Waals surface area (Å²) in [7, 11) is 0. The number of aldehydes is 1. The highest BCUT2D eigenvalue weighted by molar-refractivity contribution is 6.37. The van der Waals surface area contributed by atoms with Crippen molar-refractivity contribution in [2.75, 3.05) is 6.61 Å². The van der Waals surface area contributed by atoms with Gasteiger partial charge in [-0.3, -0.25) is 4.79 Å². The topological polar surface area (TPSA) is 26.3 Å². The second-order valence-corrected chi connectivity index (χ2v) is 3.45. The van der Waals surface area contributed by atoms with Crippen molar-refractivity contribution in [2.24, 2.45) is 0 Å². The van der Waals surface area contributed by atoms with Crippen LogP contribution >= 0.6 is 23.2 Å². The molecule has 0 heterocycles. The summed E-state index contributed by atoms with van der Waals surface area (Å²) >= 11 is 11.4. The molecule has 1 aromatic rings. The normalized spacial score (nSPS) is 10.5. The van der Waals surface area contributed by atoms with Crippen LogP contribution in [0.3, 0.4) is 0 Å². The van der Waals surface area contributed by atoms with Crippen LogP contribution in [0.2, 0.25) is 10.0 Å². The molecule has 15 heavy (non-hydrogen) atoms. The number of hydrogen-bond donors (Lipinski definition) is 0. The van der Waals surface area contributed by atoms with E-state index in [0.717, 1.165) is 0 Å². The average Bonchev–Trinajstić information content (AvgIpc) is 2.15. The fourth-order valence-electron chi connectivity index (χ4n) is 0.932. The van der Waals surface area contributed by atoms with Gasteiger partial charge in [-0.1, -0.05) is 23.2 Å². The monoisotopic (exact) mass is 254 g/mol. The Hall–Kier alpha value is -0.870. The zero-order chi connectivity index (χ0) is 11.4. The lowest BCUT2D eigenvalue weighted by Crippen LogP contribution is -2.07. The molecule has 0 aliphatic carbocycles. The van der Waals surface area contributed by atoms with Crippen LogP contribution < -0.4 is 4.74 Å². The van der Waals surface area contributed by atoms with Gasteiger partial charge in [0.1, 0.15) is 12.9 Å². The molecule has 0 bridgehead atoms. The van der Waals surface area contributed by atoms with Crippen LogP contribution in [0.5, 0.6) is 5.75 Å². The molecule has 0 spiro atoms. The molecule has 1 rings (SSSR count). The highest BCUT2D eigenvalue weighted by atomic mass is 35.5. The Morgan fingerprint density at radius 2 is 1.87 bits per heavy atom. The molecule has 0 fully saturated rings. The van der Waals surface area contributed by atoms with Crippen molar-refractivity contribution in [2.45, 2.75) is 6.43 Å². The second-order valence-electron chi connectivity index (χ2n) is 2.63. The van der Waals surface area contributed by atoms with Gasteiger partial charge in [-0.25, -0.2) is 8.78 Å². The van der Waals surface area contributed by atoms with Crippen molar-refractivity contribution in [3.8, 4) is 5.75 Å². The van der Waals surface area contributed by atoms with Crippen LogP contribution in [-0.4, -0.2) is 19.3 Å². The first kappa shape index (κ1) is 12.2. The molecule has 0 atom stereocenters. The Morgan fingerprint density at radius 3 is 2.27 bits per heavy atom. The Labute approximate surface area is 94.7 Å². The number of carbonyl (C=O) groups excluding carboxylic acids is 1. The van der Waals surface area contributed by atoms with E-state index in [2.05, 4.69) is 0 Å². The largest absolute Gasteiger partial charge is 0.485 e. The predicted molar refractivity (Wildman–Crippen MR) is 53.3 cm³/mol. The lowest BCUT2D eigenvalue weighted by Gasteiger charge is -2.09. The third-order valence-electron chi connectivity index (χ3n) is 1.51. The van der Waals surface area contributed by atoms with E-state index in [9.17, 15) is 13.6 Å². The minimum absolute atomic E-state index is 0.0326. The van der Waals surface area contributed by atoms with Gasteiger partial charge in [0.25, 0.3) is 6.43 Å². The van der Waals surface area contributed by atoms with Gasteiger partial charge in [-0.05, 0) is 12.1 Å². The van der Waals surface area contributed by atoms with Gasteiger partial charge in [-0.15, -0.1) is 0 Å². The maximum absolute atomic E-state index is 11.9. The molecule has 1 aromatic carbocycles. The van der Waals surface area contributed by atoms with Crippen molar-refractivity contribution in [3.05, 3.63) is 27.7 Å². The lowest BCUT2D eigenvalue weighted by molar-refractivity contribution is 0.0820. The lowest BCUT2D eigenvalue weighted by atomic mass is 10.2. The zero-order valence-corrected chi connectivity index (χ0v) is 8.86. The summed E-state index contributed by atoms with van der Waals surface area (Å²) in [6, 6.07) is 2.59. The molecule has 0 aromatic heterocycles. The second kappa shape index (κ2) is 5.28. The van der Waals surface area contributed by atoms with Gasteiger partial charge in [-0.2, -0.15) is 0 Å². The Kier molecular flexibility index (Phi) is 4.29. The summed E-state index contributed by atoms with van der Waals surface area (Å²) in [6.07, 6.45) is -2.06. The van der Waals surface area contributed by atoms with Crippen molar-refractivity contribution in [1.82, 2.24) is 0 Å². The first-order chi connectivity index (χ1) is 7.04. The van der Waals surface area contributed by atoms with Crippen molar-refractivity contribution < 1.29 is 18.3 Å². The maximum atomic E-state index is 11.9. The first-order valence-corrected chi connectivity index (χ1v) is 4.65. The van der Waals surface area contributed by atoms with Crippen molar-refractivity contribution in [1.29, 1.82) is 0 Å². The van der Waals surface area contributed by atoms with E-state index in [1.807, 2.05) is 0 Å². The average molecular weight is 255 g/mol. The highest BCUT2D eigenvalue weighted by Gasteiger charge is 2.12. The quantitative estimate of drug-likeness (QED) is 0.770. The number of ether oxygens (including phenoxy) is 1. The van der Waals surface area contributed by atoms with Crippen LogP contribution in [0, 0.1) is 0 Å². The molecule has 0 amide bonds. The Balaban J connectivity index is 2.93. The van der Waals surface area contributed by atoms with Crippen LogP contribution in [0.25, 0.3) is 0 Å². The van der Waals surface area contributed by atoms with Crippen LogP contribution in [0.4, 0.5) is 8.78 Å². The van der Waals surface area contributed by atoms with E-state index in [4.69, 9.17) is 27.9 Å². The van der Waals surface area contributed by atoms with Crippen LogP contribution in [-0.2, 0) is 0 Å². The molecular weight excluding hydrogens is 249 g/mol. The fraction of sp³-hybridized carbons (Fsp3) is 0.222. The fourth-order valence-corrected chi connectivity index (χ4v) is 1.54. The summed E-state index contributed by atoms with van der Waals surface area (Å²) in [5.74, 6) is -0.0377. The standard InChI is InChI=1S/C9H6Cl2F2O2/c10-6-1-5(3-14)2-7(11)9(6)15-4-8(12)13/h1-3,8H,4H2. The van der Waals surface area contributed by atoms with E-state index in [1.54, 1.807) is 0 Å². The number of carbonyl (C=O) groups is 1. The highest BCUT2D eigenvalue weighted by Crippen LogP contribution is 2.33. The van der Waals surface area contributed by atoms with Crippen molar-refractivity contribution >= 4 is 29.5 Å². The summed E-state index contributed by atoms with van der Waals surface area (Å²) in [5, 5.41) is 0.0653. The maximum Gasteiger partial charge on any atom is 0.272 e. The van der Waals surface area contributed by atoms with Gasteiger partial charge >= 0.3 is 0 Å². The molecule has 0 saturated carbocycles. The van der Waals surface area contributed by atoms with Crippen LogP contribution in [0.15, 0.2) is 12.1 Å². The smallest absolute Gasteiger partial charge is 0.272 e. The molecular formula is C9H6Cl2F2O2. The van der Waals surface area contributed by atoms with Gasteiger partial charge in [0.15, 0.2) is 5.75 Å². The summed E-state index contributed by atoms with van der Waals surface area (Å²) in [4.78, 5) is 10.4.